The Morgan fingerprint density at radius 3 is 2.62 bits per heavy atom. The van der Waals surface area contributed by atoms with Gasteiger partial charge < -0.3 is 14.8 Å². The largest absolute Gasteiger partial charge is 0.480 e. The fourth-order valence-electron chi connectivity index (χ4n) is 1.85. The van der Waals surface area contributed by atoms with Crippen LogP contribution < -0.4 is 14.8 Å². The van der Waals surface area contributed by atoms with E-state index in [1.807, 2.05) is 6.92 Å². The Morgan fingerprint density at radius 2 is 2.10 bits per heavy atom. The minimum atomic E-state index is -0.0871. The molecule has 0 saturated heterocycles. The predicted octanol–water partition coefficient (Wildman–Crippen LogP) is 3.78. The zero-order valence-electron chi connectivity index (χ0n) is 11.8. The lowest BCUT2D eigenvalue weighted by Crippen LogP contribution is -2.23. The SMILES string of the molecule is CCNC(c1cc(Br)c(Br)s1)c1ncc(OC)nc1OC. The minimum Gasteiger partial charge on any atom is -0.480 e. The van der Waals surface area contributed by atoms with E-state index in [0.29, 0.717) is 11.8 Å². The van der Waals surface area contributed by atoms with E-state index in [0.717, 1.165) is 25.4 Å². The van der Waals surface area contributed by atoms with Crippen LogP contribution in [0, 0.1) is 0 Å². The third-order valence-corrected chi connectivity index (χ3v) is 6.10. The molecule has 0 spiro atoms. The monoisotopic (exact) mass is 435 g/mol. The number of nitrogens with one attached hydrogen (secondary N) is 1. The second kappa shape index (κ2) is 7.53. The van der Waals surface area contributed by atoms with Crippen molar-refractivity contribution in [2.75, 3.05) is 20.8 Å². The number of thiophene rings is 1. The van der Waals surface area contributed by atoms with Gasteiger partial charge in [-0.15, -0.1) is 11.3 Å². The fraction of sp³-hybridized carbons (Fsp3) is 0.385. The number of hydrogen-bond acceptors (Lipinski definition) is 6. The Labute approximate surface area is 144 Å². The summed E-state index contributed by atoms with van der Waals surface area (Å²) in [6.07, 6.45) is 1.60. The van der Waals surface area contributed by atoms with Crippen LogP contribution in [0.2, 0.25) is 0 Å². The maximum absolute atomic E-state index is 5.36. The van der Waals surface area contributed by atoms with Crippen molar-refractivity contribution in [2.24, 2.45) is 0 Å². The van der Waals surface area contributed by atoms with Crippen LogP contribution in [0.1, 0.15) is 23.5 Å². The highest BCUT2D eigenvalue weighted by atomic mass is 79.9. The molecule has 8 heteroatoms. The van der Waals surface area contributed by atoms with Crippen molar-refractivity contribution in [2.45, 2.75) is 13.0 Å². The summed E-state index contributed by atoms with van der Waals surface area (Å²) in [7, 11) is 3.13. The van der Waals surface area contributed by atoms with Gasteiger partial charge in [0.2, 0.25) is 11.8 Å². The summed E-state index contributed by atoms with van der Waals surface area (Å²) in [5.41, 5.74) is 0.737. The molecule has 0 fully saturated rings. The van der Waals surface area contributed by atoms with Crippen LogP contribution in [-0.2, 0) is 0 Å². The highest BCUT2D eigenvalue weighted by Crippen LogP contribution is 2.38. The topological polar surface area (TPSA) is 56.3 Å². The molecular weight excluding hydrogens is 422 g/mol. The Kier molecular flexibility index (Phi) is 5.98. The zero-order valence-corrected chi connectivity index (χ0v) is 15.8. The van der Waals surface area contributed by atoms with E-state index in [-0.39, 0.29) is 6.04 Å². The van der Waals surface area contributed by atoms with E-state index in [2.05, 4.69) is 53.2 Å². The molecule has 2 heterocycles. The molecule has 0 aliphatic heterocycles. The minimum absolute atomic E-state index is 0.0871. The normalized spacial score (nSPS) is 12.2. The molecule has 1 N–H and O–H groups in total. The van der Waals surface area contributed by atoms with Gasteiger partial charge in [0.1, 0.15) is 5.69 Å². The summed E-state index contributed by atoms with van der Waals surface area (Å²) in [6, 6.07) is 1.98. The summed E-state index contributed by atoms with van der Waals surface area (Å²) in [5.74, 6) is 0.889. The van der Waals surface area contributed by atoms with Gasteiger partial charge in [-0.3, -0.25) is 0 Å². The van der Waals surface area contributed by atoms with Gasteiger partial charge in [-0.05, 0) is 44.5 Å². The molecule has 2 rings (SSSR count). The number of ether oxygens (including phenoxy) is 2. The van der Waals surface area contributed by atoms with Crippen LogP contribution in [0.4, 0.5) is 0 Å². The molecular formula is C13H15Br2N3O2S. The first-order valence-electron chi connectivity index (χ1n) is 6.23. The van der Waals surface area contributed by atoms with E-state index in [1.165, 1.54) is 0 Å². The molecule has 1 unspecified atom stereocenters. The smallest absolute Gasteiger partial charge is 0.240 e. The molecule has 0 aliphatic carbocycles. The Balaban J connectivity index is 2.47. The molecule has 2 aromatic heterocycles. The highest BCUT2D eigenvalue weighted by Gasteiger charge is 2.23. The quantitative estimate of drug-likeness (QED) is 0.746. The van der Waals surface area contributed by atoms with Crippen LogP contribution in [0.25, 0.3) is 0 Å². The van der Waals surface area contributed by atoms with Crippen molar-refractivity contribution in [1.82, 2.24) is 15.3 Å². The predicted molar refractivity (Wildman–Crippen MR) is 90.4 cm³/mol. The van der Waals surface area contributed by atoms with Crippen molar-refractivity contribution < 1.29 is 9.47 Å². The Bertz CT molecular complexity index is 602. The van der Waals surface area contributed by atoms with E-state index in [9.17, 15) is 0 Å². The van der Waals surface area contributed by atoms with Gasteiger partial charge in [0, 0.05) is 9.35 Å². The lowest BCUT2D eigenvalue weighted by atomic mass is 10.1. The van der Waals surface area contributed by atoms with Gasteiger partial charge in [0.15, 0.2) is 0 Å². The third-order valence-electron chi connectivity index (χ3n) is 2.78. The molecule has 2 aromatic rings. The Hall–Kier alpha value is -0.700. The summed E-state index contributed by atoms with van der Waals surface area (Å²) in [4.78, 5) is 9.88. The number of hydrogen-bond donors (Lipinski definition) is 1. The number of rotatable bonds is 6. The lowest BCUT2D eigenvalue weighted by molar-refractivity contribution is 0.353. The van der Waals surface area contributed by atoms with Crippen molar-refractivity contribution in [3.63, 3.8) is 0 Å². The van der Waals surface area contributed by atoms with E-state index in [4.69, 9.17) is 9.47 Å². The number of nitrogens with zero attached hydrogens (tertiary/aromatic N) is 2. The summed E-state index contributed by atoms with van der Waals surface area (Å²) < 4.78 is 12.5. The van der Waals surface area contributed by atoms with Crippen molar-refractivity contribution in [3.05, 3.63) is 31.1 Å². The van der Waals surface area contributed by atoms with Gasteiger partial charge in [-0.1, -0.05) is 6.92 Å². The number of halogens is 2. The molecule has 1 atom stereocenters. The zero-order chi connectivity index (χ0) is 15.4. The first kappa shape index (κ1) is 16.7. The van der Waals surface area contributed by atoms with Crippen molar-refractivity contribution >= 4 is 43.2 Å². The molecule has 0 aromatic carbocycles. The molecule has 0 aliphatic rings. The lowest BCUT2D eigenvalue weighted by Gasteiger charge is -2.18. The summed E-state index contributed by atoms with van der Waals surface area (Å²) in [6.45, 7) is 2.85. The average Bonchev–Trinajstić information content (AvgIpc) is 2.83. The van der Waals surface area contributed by atoms with Crippen LogP contribution in [0.15, 0.2) is 20.5 Å². The molecule has 0 bridgehead atoms. The van der Waals surface area contributed by atoms with Crippen LogP contribution in [0.3, 0.4) is 0 Å². The summed E-state index contributed by atoms with van der Waals surface area (Å²) >= 11 is 8.68. The molecule has 5 nitrogen and oxygen atoms in total. The van der Waals surface area contributed by atoms with E-state index < -0.39 is 0 Å². The van der Waals surface area contributed by atoms with Gasteiger partial charge in [-0.25, -0.2) is 4.98 Å². The maximum atomic E-state index is 5.36. The molecule has 0 radical (unpaired) electrons. The van der Waals surface area contributed by atoms with Gasteiger partial charge in [0.05, 0.1) is 30.2 Å². The van der Waals surface area contributed by atoms with E-state index >= 15 is 0 Å². The third kappa shape index (κ3) is 3.74. The van der Waals surface area contributed by atoms with E-state index in [1.54, 1.807) is 31.8 Å². The van der Waals surface area contributed by atoms with Gasteiger partial charge in [-0.2, -0.15) is 4.98 Å². The molecule has 114 valence electrons. The summed E-state index contributed by atoms with van der Waals surface area (Å²) in [5, 5.41) is 3.41. The molecule has 0 saturated carbocycles. The number of aromatic nitrogens is 2. The Morgan fingerprint density at radius 1 is 1.33 bits per heavy atom. The van der Waals surface area contributed by atoms with Gasteiger partial charge in [0.25, 0.3) is 0 Å². The standard InChI is InChI=1S/C13H15Br2N3O2S/c1-4-16-10(8-5-7(14)12(15)21-8)11-13(20-3)18-9(19-2)6-17-11/h5-6,10,16H,4H2,1-3H3. The van der Waals surface area contributed by atoms with Crippen LogP contribution >= 0.6 is 43.2 Å². The van der Waals surface area contributed by atoms with Gasteiger partial charge >= 0.3 is 0 Å². The molecule has 21 heavy (non-hydrogen) atoms. The first-order valence-corrected chi connectivity index (χ1v) is 8.64. The second-order valence-electron chi connectivity index (χ2n) is 4.07. The average molecular weight is 437 g/mol. The van der Waals surface area contributed by atoms with Crippen LogP contribution in [-0.4, -0.2) is 30.7 Å². The van der Waals surface area contributed by atoms with Crippen LogP contribution in [0.5, 0.6) is 11.8 Å². The maximum Gasteiger partial charge on any atom is 0.240 e. The second-order valence-corrected chi connectivity index (χ2v) is 7.32. The van der Waals surface area contributed by atoms with Crippen molar-refractivity contribution in [3.8, 4) is 11.8 Å². The first-order chi connectivity index (χ1) is 10.1. The molecule has 0 amide bonds. The highest BCUT2D eigenvalue weighted by molar-refractivity contribution is 9.13. The van der Waals surface area contributed by atoms with Crippen molar-refractivity contribution in [1.29, 1.82) is 0 Å². The number of methoxy groups -OCH3 is 2. The fourth-order valence-corrected chi connectivity index (χ4v) is 4.02.